The summed E-state index contributed by atoms with van der Waals surface area (Å²) >= 11 is 0. The van der Waals surface area contributed by atoms with Gasteiger partial charge in [-0.15, -0.1) is 0 Å². The minimum atomic E-state index is -0.208. The maximum absolute atomic E-state index is 11.5. The molecule has 0 aromatic heterocycles. The summed E-state index contributed by atoms with van der Waals surface area (Å²) in [4.78, 5) is 37.2. The molecule has 0 fully saturated rings. The summed E-state index contributed by atoms with van der Waals surface area (Å²) in [5.41, 5.74) is 5.20. The van der Waals surface area contributed by atoms with E-state index >= 15 is 0 Å². The quantitative estimate of drug-likeness (QED) is 0.695. The molecule has 0 atom stereocenters. The Hall–Kier alpha value is -2.95. The summed E-state index contributed by atoms with van der Waals surface area (Å²) in [6, 6.07) is 11.3. The molecule has 3 amide bonds. The minimum Gasteiger partial charge on any atom is -0.337 e. The number of amides is 3. The first kappa shape index (κ1) is 16.9. The van der Waals surface area contributed by atoms with Crippen molar-refractivity contribution < 1.29 is 14.4 Å². The van der Waals surface area contributed by atoms with Gasteiger partial charge in [-0.05, 0) is 37.6 Å². The number of imide groups is 1. The van der Waals surface area contributed by atoms with Crippen LogP contribution in [0.4, 0.5) is 0 Å². The van der Waals surface area contributed by atoms with E-state index in [2.05, 4.69) is 0 Å². The maximum atomic E-state index is 11.5. The van der Waals surface area contributed by atoms with Gasteiger partial charge < -0.3 is 4.90 Å². The SMILES string of the molecule is Cc1ccc2c(c1)C(=O)N(C)C2.Cc1ccc2c(c1)C(=O)N(C)C2=O. The van der Waals surface area contributed by atoms with Crippen molar-refractivity contribution in [3.05, 3.63) is 69.8 Å². The summed E-state index contributed by atoms with van der Waals surface area (Å²) in [5, 5.41) is 0. The highest BCUT2D eigenvalue weighted by Crippen LogP contribution is 2.22. The van der Waals surface area contributed by atoms with Crippen molar-refractivity contribution in [2.45, 2.75) is 20.4 Å². The maximum Gasteiger partial charge on any atom is 0.261 e. The lowest BCUT2D eigenvalue weighted by Gasteiger charge is -2.04. The number of carbonyl (C=O) groups is 3. The van der Waals surface area contributed by atoms with E-state index in [1.165, 1.54) is 7.05 Å². The van der Waals surface area contributed by atoms with Crippen molar-refractivity contribution in [1.29, 1.82) is 0 Å². The number of fused-ring (bicyclic) bond motifs is 2. The number of benzene rings is 2. The molecule has 5 heteroatoms. The molecule has 0 bridgehead atoms. The minimum absolute atomic E-state index is 0.147. The molecule has 4 rings (SSSR count). The Kier molecular flexibility index (Phi) is 4.17. The van der Waals surface area contributed by atoms with E-state index in [0.29, 0.717) is 11.1 Å². The predicted octanol–water partition coefficient (Wildman–Crippen LogP) is 2.80. The van der Waals surface area contributed by atoms with Crippen LogP contribution in [0.2, 0.25) is 0 Å². The van der Waals surface area contributed by atoms with Crippen molar-refractivity contribution in [3.8, 4) is 0 Å². The van der Waals surface area contributed by atoms with Gasteiger partial charge >= 0.3 is 0 Å². The van der Waals surface area contributed by atoms with Crippen LogP contribution in [0.5, 0.6) is 0 Å². The van der Waals surface area contributed by atoms with Gasteiger partial charge in [0.05, 0.1) is 11.1 Å². The lowest BCUT2D eigenvalue weighted by molar-refractivity contribution is 0.0692. The summed E-state index contributed by atoms with van der Waals surface area (Å²) in [5.74, 6) is -0.266. The van der Waals surface area contributed by atoms with Crippen molar-refractivity contribution in [2.24, 2.45) is 0 Å². The normalized spacial score (nSPS) is 15.1. The zero-order chi connectivity index (χ0) is 18.3. The topological polar surface area (TPSA) is 57.7 Å². The van der Waals surface area contributed by atoms with Crippen LogP contribution in [0.25, 0.3) is 0 Å². The van der Waals surface area contributed by atoms with Crippen molar-refractivity contribution in [1.82, 2.24) is 9.80 Å². The molecule has 2 heterocycles. The van der Waals surface area contributed by atoms with E-state index in [4.69, 9.17) is 0 Å². The molecule has 0 radical (unpaired) electrons. The highest BCUT2D eigenvalue weighted by atomic mass is 16.2. The Morgan fingerprint density at radius 3 is 1.96 bits per heavy atom. The third kappa shape index (κ3) is 2.93. The zero-order valence-electron chi connectivity index (χ0n) is 14.8. The smallest absolute Gasteiger partial charge is 0.261 e. The predicted molar refractivity (Wildman–Crippen MR) is 94.6 cm³/mol. The number of carbonyl (C=O) groups excluding carboxylic acids is 3. The highest BCUT2D eigenvalue weighted by Gasteiger charge is 2.32. The number of aryl methyl sites for hydroxylation is 2. The summed E-state index contributed by atoms with van der Waals surface area (Å²) < 4.78 is 0. The molecule has 0 saturated heterocycles. The second-order valence-corrected chi connectivity index (χ2v) is 6.54. The Morgan fingerprint density at radius 1 is 0.720 bits per heavy atom. The fraction of sp³-hybridized carbons (Fsp3) is 0.250. The number of nitrogens with zero attached hydrogens (tertiary/aromatic N) is 2. The van der Waals surface area contributed by atoms with Crippen LogP contribution in [0.3, 0.4) is 0 Å². The van der Waals surface area contributed by atoms with Crippen LogP contribution < -0.4 is 0 Å². The number of rotatable bonds is 0. The second kappa shape index (κ2) is 6.16. The summed E-state index contributed by atoms with van der Waals surface area (Å²) in [6.07, 6.45) is 0. The molecule has 128 valence electrons. The molecule has 0 spiro atoms. The van der Waals surface area contributed by atoms with Gasteiger partial charge in [0.15, 0.2) is 0 Å². The van der Waals surface area contributed by atoms with Gasteiger partial charge in [-0.2, -0.15) is 0 Å². The Bertz CT molecular complexity index is 902. The van der Waals surface area contributed by atoms with Gasteiger partial charge in [-0.3, -0.25) is 19.3 Å². The molecule has 0 saturated carbocycles. The molecule has 5 nitrogen and oxygen atoms in total. The average Bonchev–Trinajstić information content (AvgIpc) is 2.98. The third-order valence-corrected chi connectivity index (χ3v) is 4.50. The fourth-order valence-corrected chi connectivity index (χ4v) is 3.04. The largest absolute Gasteiger partial charge is 0.337 e. The van der Waals surface area contributed by atoms with E-state index in [1.807, 2.05) is 45.2 Å². The van der Waals surface area contributed by atoms with Crippen molar-refractivity contribution >= 4 is 17.7 Å². The van der Waals surface area contributed by atoms with Crippen LogP contribution in [-0.4, -0.2) is 41.6 Å². The van der Waals surface area contributed by atoms with Gasteiger partial charge in [-0.25, -0.2) is 0 Å². The molecule has 0 unspecified atom stereocenters. The van der Waals surface area contributed by atoms with Crippen LogP contribution in [0, 0.1) is 13.8 Å². The molecular weight excluding hydrogens is 316 g/mol. The van der Waals surface area contributed by atoms with E-state index < -0.39 is 0 Å². The zero-order valence-corrected chi connectivity index (χ0v) is 14.8. The molecule has 2 aliphatic heterocycles. The Balaban J connectivity index is 0.000000146. The van der Waals surface area contributed by atoms with Crippen LogP contribution in [0.15, 0.2) is 36.4 Å². The summed E-state index contributed by atoms with van der Waals surface area (Å²) in [6.45, 7) is 4.66. The van der Waals surface area contributed by atoms with E-state index in [9.17, 15) is 14.4 Å². The average molecular weight is 336 g/mol. The van der Waals surface area contributed by atoms with Crippen LogP contribution in [-0.2, 0) is 6.54 Å². The van der Waals surface area contributed by atoms with Gasteiger partial charge in [0.1, 0.15) is 0 Å². The van der Waals surface area contributed by atoms with Gasteiger partial charge in [-0.1, -0.05) is 29.3 Å². The molecule has 0 aliphatic carbocycles. The van der Waals surface area contributed by atoms with Gasteiger partial charge in [0.2, 0.25) is 0 Å². The Morgan fingerprint density at radius 2 is 1.28 bits per heavy atom. The molecule has 2 aromatic rings. The monoisotopic (exact) mass is 336 g/mol. The van der Waals surface area contributed by atoms with Crippen LogP contribution in [0.1, 0.15) is 47.8 Å². The second-order valence-electron chi connectivity index (χ2n) is 6.54. The fourth-order valence-electron chi connectivity index (χ4n) is 3.04. The van der Waals surface area contributed by atoms with Crippen molar-refractivity contribution in [3.63, 3.8) is 0 Å². The Labute approximate surface area is 146 Å². The van der Waals surface area contributed by atoms with E-state index in [0.717, 1.165) is 33.7 Å². The van der Waals surface area contributed by atoms with Crippen molar-refractivity contribution in [2.75, 3.05) is 14.1 Å². The molecule has 2 aromatic carbocycles. The first-order chi connectivity index (χ1) is 11.8. The first-order valence-corrected chi connectivity index (χ1v) is 8.07. The standard InChI is InChI=1S/C10H9NO2.C10H11NO/c1-6-3-4-7-8(5-6)10(13)11(2)9(7)12;1-7-3-4-8-6-11(2)10(12)9(8)5-7/h3-5H,1-2H3;3-5H,6H2,1-2H3. The lowest BCUT2D eigenvalue weighted by Crippen LogP contribution is -2.24. The van der Waals surface area contributed by atoms with E-state index in [-0.39, 0.29) is 17.7 Å². The first-order valence-electron chi connectivity index (χ1n) is 8.07. The highest BCUT2D eigenvalue weighted by molar-refractivity contribution is 6.21. The number of hydrogen-bond acceptors (Lipinski definition) is 3. The lowest BCUT2D eigenvalue weighted by atomic mass is 10.1. The molecular formula is C20H20N2O3. The summed E-state index contributed by atoms with van der Waals surface area (Å²) in [7, 11) is 3.33. The van der Waals surface area contributed by atoms with E-state index in [1.54, 1.807) is 17.0 Å². The van der Waals surface area contributed by atoms with Crippen LogP contribution >= 0.6 is 0 Å². The molecule has 25 heavy (non-hydrogen) atoms. The molecule has 2 aliphatic rings. The number of hydrogen-bond donors (Lipinski definition) is 0. The third-order valence-electron chi connectivity index (χ3n) is 4.50. The van der Waals surface area contributed by atoms with Gasteiger partial charge in [0.25, 0.3) is 17.7 Å². The molecule has 0 N–H and O–H groups in total. The van der Waals surface area contributed by atoms with Gasteiger partial charge in [0, 0.05) is 26.2 Å².